The normalized spacial score (nSPS) is 18.7. The van der Waals surface area contributed by atoms with E-state index in [0.717, 1.165) is 37.3 Å². The third-order valence-electron chi connectivity index (χ3n) is 5.16. The summed E-state index contributed by atoms with van der Waals surface area (Å²) in [6.07, 6.45) is 5.55. The number of aliphatic hydroxyl groups excluding tert-OH is 1. The molecule has 1 aliphatic heterocycles. The lowest BCUT2D eigenvalue weighted by Crippen LogP contribution is -2.43. The standard InChI is InChI=1S/C20H24N4O/c25-15-19-7-3-4-10-23(19)11-12-24-14-20(21-22-24)18-9-8-16-5-1-2-6-17(16)13-18/h1-2,5-6,8-9,13-14,19,25H,3-4,7,10-12,15H2/t19-/m1/s1. The predicted octanol–water partition coefficient (Wildman–Crippen LogP) is 2.95. The molecule has 1 aromatic heterocycles. The van der Waals surface area contributed by atoms with Crippen molar-refractivity contribution < 1.29 is 5.11 Å². The minimum absolute atomic E-state index is 0.250. The molecule has 25 heavy (non-hydrogen) atoms. The first-order valence-electron chi connectivity index (χ1n) is 9.08. The van der Waals surface area contributed by atoms with Gasteiger partial charge in [0.05, 0.1) is 19.3 Å². The van der Waals surface area contributed by atoms with E-state index in [-0.39, 0.29) is 6.61 Å². The van der Waals surface area contributed by atoms with Crippen LogP contribution in [0.25, 0.3) is 22.0 Å². The summed E-state index contributed by atoms with van der Waals surface area (Å²) in [5.74, 6) is 0. The monoisotopic (exact) mass is 336 g/mol. The Morgan fingerprint density at radius 3 is 2.80 bits per heavy atom. The van der Waals surface area contributed by atoms with Crippen LogP contribution in [0.15, 0.2) is 48.7 Å². The van der Waals surface area contributed by atoms with Gasteiger partial charge in [-0.15, -0.1) is 5.10 Å². The van der Waals surface area contributed by atoms with Crippen LogP contribution in [0.1, 0.15) is 19.3 Å². The number of fused-ring (bicyclic) bond motifs is 1. The third-order valence-corrected chi connectivity index (χ3v) is 5.16. The maximum absolute atomic E-state index is 9.52. The Kier molecular flexibility index (Phi) is 4.76. The van der Waals surface area contributed by atoms with Crippen LogP contribution in [-0.4, -0.2) is 50.7 Å². The first-order valence-corrected chi connectivity index (χ1v) is 9.08. The van der Waals surface area contributed by atoms with E-state index in [4.69, 9.17) is 0 Å². The predicted molar refractivity (Wildman–Crippen MR) is 99.3 cm³/mol. The summed E-state index contributed by atoms with van der Waals surface area (Å²) in [5.41, 5.74) is 2.00. The molecule has 4 rings (SSSR count). The van der Waals surface area contributed by atoms with Crippen LogP contribution in [-0.2, 0) is 6.54 Å². The largest absolute Gasteiger partial charge is 0.395 e. The highest BCUT2D eigenvalue weighted by molar-refractivity contribution is 5.86. The van der Waals surface area contributed by atoms with E-state index < -0.39 is 0 Å². The summed E-state index contributed by atoms with van der Waals surface area (Å²) in [6, 6.07) is 15.0. The summed E-state index contributed by atoms with van der Waals surface area (Å²) in [6.45, 7) is 3.03. The van der Waals surface area contributed by atoms with Crippen molar-refractivity contribution in [2.45, 2.75) is 31.8 Å². The molecule has 1 N–H and O–H groups in total. The smallest absolute Gasteiger partial charge is 0.113 e. The SMILES string of the molecule is OC[C@H]1CCCCN1CCn1cc(-c2ccc3ccccc3c2)nn1. The van der Waals surface area contributed by atoms with E-state index in [9.17, 15) is 5.11 Å². The molecule has 1 aliphatic rings. The number of aliphatic hydroxyl groups is 1. The zero-order valence-electron chi connectivity index (χ0n) is 14.4. The molecule has 5 heteroatoms. The molecular formula is C20H24N4O. The maximum Gasteiger partial charge on any atom is 0.113 e. The Bertz CT molecular complexity index is 844. The van der Waals surface area contributed by atoms with Crippen LogP contribution >= 0.6 is 0 Å². The van der Waals surface area contributed by atoms with Gasteiger partial charge in [-0.05, 0) is 36.2 Å². The highest BCUT2D eigenvalue weighted by atomic mass is 16.3. The molecule has 2 aromatic carbocycles. The first kappa shape index (κ1) is 16.2. The van der Waals surface area contributed by atoms with Crippen molar-refractivity contribution in [2.75, 3.05) is 19.7 Å². The molecule has 5 nitrogen and oxygen atoms in total. The summed E-state index contributed by atoms with van der Waals surface area (Å²) >= 11 is 0. The molecule has 0 radical (unpaired) electrons. The summed E-state index contributed by atoms with van der Waals surface area (Å²) in [4.78, 5) is 2.38. The fraction of sp³-hybridized carbons (Fsp3) is 0.400. The quantitative estimate of drug-likeness (QED) is 0.778. The Balaban J connectivity index is 1.46. The van der Waals surface area contributed by atoms with Crippen molar-refractivity contribution in [1.82, 2.24) is 19.9 Å². The van der Waals surface area contributed by atoms with Gasteiger partial charge in [-0.1, -0.05) is 48.0 Å². The van der Waals surface area contributed by atoms with Gasteiger partial charge in [-0.3, -0.25) is 9.58 Å². The van der Waals surface area contributed by atoms with Crippen LogP contribution in [0.3, 0.4) is 0 Å². The molecule has 1 fully saturated rings. The number of aromatic nitrogens is 3. The number of rotatable bonds is 5. The summed E-state index contributed by atoms with van der Waals surface area (Å²) in [7, 11) is 0. The van der Waals surface area contributed by atoms with Gasteiger partial charge < -0.3 is 5.11 Å². The molecule has 130 valence electrons. The van der Waals surface area contributed by atoms with Crippen molar-refractivity contribution in [3.8, 4) is 11.3 Å². The van der Waals surface area contributed by atoms with E-state index >= 15 is 0 Å². The van der Waals surface area contributed by atoms with Gasteiger partial charge in [0.1, 0.15) is 5.69 Å². The zero-order chi connectivity index (χ0) is 17.1. The number of piperidine rings is 1. The average Bonchev–Trinajstić information content (AvgIpc) is 3.15. The number of likely N-dealkylation sites (tertiary alicyclic amines) is 1. The minimum atomic E-state index is 0.250. The van der Waals surface area contributed by atoms with E-state index in [1.807, 2.05) is 10.9 Å². The van der Waals surface area contributed by atoms with Gasteiger partial charge in [-0.25, -0.2) is 0 Å². The lowest BCUT2D eigenvalue weighted by atomic mass is 10.0. The van der Waals surface area contributed by atoms with Gasteiger partial charge >= 0.3 is 0 Å². The van der Waals surface area contributed by atoms with Crippen LogP contribution in [0, 0.1) is 0 Å². The topological polar surface area (TPSA) is 54.2 Å². The average molecular weight is 336 g/mol. The molecule has 2 heterocycles. The Hall–Kier alpha value is -2.24. The number of nitrogens with zero attached hydrogens (tertiary/aromatic N) is 4. The van der Waals surface area contributed by atoms with E-state index in [2.05, 4.69) is 57.7 Å². The van der Waals surface area contributed by atoms with Crippen LogP contribution in [0.2, 0.25) is 0 Å². The molecule has 0 amide bonds. The minimum Gasteiger partial charge on any atom is -0.395 e. The second-order valence-corrected chi connectivity index (χ2v) is 6.80. The highest BCUT2D eigenvalue weighted by Crippen LogP contribution is 2.22. The van der Waals surface area contributed by atoms with Crippen LogP contribution < -0.4 is 0 Å². The second kappa shape index (κ2) is 7.33. The summed E-state index contributed by atoms with van der Waals surface area (Å²) in [5, 5.41) is 20.6. The Morgan fingerprint density at radius 1 is 1.04 bits per heavy atom. The zero-order valence-corrected chi connectivity index (χ0v) is 14.4. The van der Waals surface area contributed by atoms with Gasteiger partial charge in [0.15, 0.2) is 0 Å². The number of benzene rings is 2. The van der Waals surface area contributed by atoms with Crippen molar-refractivity contribution >= 4 is 10.8 Å². The van der Waals surface area contributed by atoms with Gasteiger partial charge in [0.25, 0.3) is 0 Å². The number of hydrogen-bond acceptors (Lipinski definition) is 4. The van der Waals surface area contributed by atoms with Crippen molar-refractivity contribution in [3.05, 3.63) is 48.7 Å². The summed E-state index contributed by atoms with van der Waals surface area (Å²) < 4.78 is 1.91. The molecular weight excluding hydrogens is 312 g/mol. The molecule has 0 saturated carbocycles. The Morgan fingerprint density at radius 2 is 1.92 bits per heavy atom. The van der Waals surface area contributed by atoms with E-state index in [1.54, 1.807) is 0 Å². The number of hydrogen-bond donors (Lipinski definition) is 1. The van der Waals surface area contributed by atoms with Crippen LogP contribution in [0.5, 0.6) is 0 Å². The fourth-order valence-corrected chi connectivity index (χ4v) is 3.68. The fourth-order valence-electron chi connectivity index (χ4n) is 3.68. The molecule has 1 atom stereocenters. The molecule has 1 saturated heterocycles. The van der Waals surface area contributed by atoms with Crippen molar-refractivity contribution in [3.63, 3.8) is 0 Å². The lowest BCUT2D eigenvalue weighted by Gasteiger charge is -2.34. The third kappa shape index (κ3) is 3.57. The van der Waals surface area contributed by atoms with Gasteiger partial charge in [0.2, 0.25) is 0 Å². The van der Waals surface area contributed by atoms with Crippen molar-refractivity contribution in [1.29, 1.82) is 0 Å². The maximum atomic E-state index is 9.52. The van der Waals surface area contributed by atoms with Crippen LogP contribution in [0.4, 0.5) is 0 Å². The second-order valence-electron chi connectivity index (χ2n) is 6.80. The first-order chi connectivity index (χ1) is 12.3. The van der Waals surface area contributed by atoms with E-state index in [0.29, 0.717) is 6.04 Å². The molecule has 0 aliphatic carbocycles. The molecule has 0 unspecified atom stereocenters. The van der Waals surface area contributed by atoms with Gasteiger partial charge in [-0.2, -0.15) is 0 Å². The molecule has 0 bridgehead atoms. The van der Waals surface area contributed by atoms with Crippen molar-refractivity contribution in [2.24, 2.45) is 0 Å². The van der Waals surface area contributed by atoms with E-state index in [1.165, 1.54) is 23.6 Å². The highest BCUT2D eigenvalue weighted by Gasteiger charge is 2.21. The Labute approximate surface area is 147 Å². The lowest BCUT2D eigenvalue weighted by molar-refractivity contribution is 0.0861. The van der Waals surface area contributed by atoms with Gasteiger partial charge in [0, 0.05) is 18.2 Å². The molecule has 0 spiro atoms. The molecule has 3 aromatic rings.